The zero-order valence-electron chi connectivity index (χ0n) is 17.5. The fourth-order valence-electron chi connectivity index (χ4n) is 2.58. The van der Waals surface area contributed by atoms with Gasteiger partial charge < -0.3 is 9.57 Å². The number of oxime groups is 1. The summed E-state index contributed by atoms with van der Waals surface area (Å²) in [7, 11) is 3.01. The molecule has 152 valence electrons. The van der Waals surface area contributed by atoms with Gasteiger partial charge >= 0.3 is 0 Å². The highest BCUT2D eigenvalue weighted by Crippen LogP contribution is 2.21. The second kappa shape index (κ2) is 9.68. The van der Waals surface area contributed by atoms with Crippen molar-refractivity contribution in [2.24, 2.45) is 10.1 Å². The summed E-state index contributed by atoms with van der Waals surface area (Å²) in [6.45, 7) is 8.57. The smallest absolute Gasteiger partial charge is 0.282 e. The average Bonchev–Trinajstić information content (AvgIpc) is 3.07. The van der Waals surface area contributed by atoms with E-state index in [1.54, 1.807) is 25.5 Å². The molecule has 0 saturated heterocycles. The van der Waals surface area contributed by atoms with Crippen LogP contribution >= 0.6 is 11.5 Å². The van der Waals surface area contributed by atoms with Crippen LogP contribution in [0.2, 0.25) is 0 Å². The number of nitrogens with zero attached hydrogens (tertiary/aromatic N) is 3. The van der Waals surface area contributed by atoms with Crippen molar-refractivity contribution in [3.05, 3.63) is 45.8 Å². The lowest BCUT2D eigenvalue weighted by Gasteiger charge is -2.19. The molecule has 0 bridgehead atoms. The van der Waals surface area contributed by atoms with Gasteiger partial charge in [-0.25, -0.2) is 0 Å². The molecule has 0 N–H and O–H groups in total. The van der Waals surface area contributed by atoms with E-state index in [0.717, 1.165) is 35.1 Å². The molecule has 0 aliphatic rings. The summed E-state index contributed by atoms with van der Waals surface area (Å²) in [6, 6.07) is 5.26. The van der Waals surface area contributed by atoms with Gasteiger partial charge in [-0.1, -0.05) is 18.5 Å². The number of aryl methyl sites for hydroxylation is 1. The van der Waals surface area contributed by atoms with Crippen molar-refractivity contribution in [1.82, 2.24) is 3.96 Å². The van der Waals surface area contributed by atoms with Crippen molar-refractivity contribution in [1.29, 1.82) is 0 Å². The van der Waals surface area contributed by atoms with Gasteiger partial charge in [-0.3, -0.25) is 8.75 Å². The van der Waals surface area contributed by atoms with Gasteiger partial charge in [-0.05, 0) is 68.9 Å². The fraction of sp³-hybridized carbons (Fsp3) is 0.476. The molecule has 1 aromatic heterocycles. The second-order valence-electron chi connectivity index (χ2n) is 7.44. The molecular weight excluding hydrogens is 374 g/mol. The number of amides is 1. The zero-order valence-corrected chi connectivity index (χ0v) is 18.3. The van der Waals surface area contributed by atoms with Crippen LogP contribution in [0.4, 0.5) is 0 Å². The maximum atomic E-state index is 13.0. The van der Waals surface area contributed by atoms with Crippen LogP contribution in [0.25, 0.3) is 0 Å². The number of carbonyl (C=O) groups is 1. The van der Waals surface area contributed by atoms with Crippen molar-refractivity contribution in [3.63, 3.8) is 0 Å². The molecule has 28 heavy (non-hydrogen) atoms. The number of rotatable bonds is 7. The third-order valence-corrected chi connectivity index (χ3v) is 5.53. The van der Waals surface area contributed by atoms with Crippen molar-refractivity contribution in [3.8, 4) is 5.75 Å². The maximum Gasteiger partial charge on any atom is 0.282 e. The first kappa shape index (κ1) is 21.9. The number of unbranched alkanes of at least 4 members (excludes halogenated alkanes) is 1. The second-order valence-corrected chi connectivity index (χ2v) is 8.41. The monoisotopic (exact) mass is 403 g/mol. The Labute approximate surface area is 170 Å². The third-order valence-electron chi connectivity index (χ3n) is 4.16. The minimum absolute atomic E-state index is 0.0589. The third kappa shape index (κ3) is 5.55. The molecule has 0 aliphatic heterocycles. The summed E-state index contributed by atoms with van der Waals surface area (Å²) in [4.78, 5) is 22.1. The first-order valence-corrected chi connectivity index (χ1v) is 10.1. The van der Waals surface area contributed by atoms with Crippen LogP contribution in [0, 0.1) is 0 Å². The SMILES string of the molecule is CCCCc1cn(C(C)(C)C)s/c1=N\C(=O)c1cc(C=NOC)ccc1OC. The Kier molecular flexibility index (Phi) is 7.57. The number of hydrogen-bond donors (Lipinski definition) is 0. The first-order valence-electron chi connectivity index (χ1n) is 9.36. The van der Waals surface area contributed by atoms with E-state index < -0.39 is 0 Å². The number of benzene rings is 1. The number of aromatic nitrogens is 1. The summed E-state index contributed by atoms with van der Waals surface area (Å²) in [5, 5.41) is 3.75. The topological polar surface area (TPSA) is 65.2 Å². The molecule has 0 aliphatic carbocycles. The highest BCUT2D eigenvalue weighted by molar-refractivity contribution is 7.04. The normalized spacial score (nSPS) is 12.6. The molecule has 0 unspecified atom stereocenters. The van der Waals surface area contributed by atoms with Gasteiger partial charge in [0.15, 0.2) is 0 Å². The minimum Gasteiger partial charge on any atom is -0.496 e. The number of carbonyl (C=O) groups excluding carboxylic acids is 1. The molecule has 0 spiro atoms. The summed E-state index contributed by atoms with van der Waals surface area (Å²) >= 11 is 1.51. The van der Waals surface area contributed by atoms with Crippen molar-refractivity contribution >= 4 is 23.7 Å². The van der Waals surface area contributed by atoms with Crippen LogP contribution in [0.3, 0.4) is 0 Å². The Morgan fingerprint density at radius 3 is 2.64 bits per heavy atom. The highest BCUT2D eigenvalue weighted by Gasteiger charge is 2.17. The van der Waals surface area contributed by atoms with Gasteiger partial charge in [0.1, 0.15) is 17.5 Å². The van der Waals surface area contributed by atoms with Crippen molar-refractivity contribution in [2.45, 2.75) is 52.5 Å². The lowest BCUT2D eigenvalue weighted by atomic mass is 10.1. The van der Waals surface area contributed by atoms with Gasteiger partial charge in [0.25, 0.3) is 5.91 Å². The molecule has 1 amide bonds. The highest BCUT2D eigenvalue weighted by atomic mass is 32.1. The van der Waals surface area contributed by atoms with Gasteiger partial charge in [0, 0.05) is 17.3 Å². The van der Waals surface area contributed by atoms with E-state index in [1.165, 1.54) is 18.6 Å². The quantitative estimate of drug-likeness (QED) is 0.509. The van der Waals surface area contributed by atoms with Gasteiger partial charge in [-0.2, -0.15) is 4.99 Å². The van der Waals surface area contributed by atoms with E-state index in [1.807, 2.05) is 6.07 Å². The molecule has 1 aromatic carbocycles. The Morgan fingerprint density at radius 2 is 2.04 bits per heavy atom. The molecule has 0 fully saturated rings. The van der Waals surface area contributed by atoms with E-state index in [2.05, 4.69) is 48.0 Å². The molecule has 2 aromatic rings. The molecule has 0 saturated carbocycles. The Hall–Kier alpha value is -2.41. The molecule has 0 atom stereocenters. The number of methoxy groups -OCH3 is 1. The Bertz CT molecular complexity index is 904. The van der Waals surface area contributed by atoms with Crippen LogP contribution in [0.5, 0.6) is 5.75 Å². The van der Waals surface area contributed by atoms with E-state index in [4.69, 9.17) is 9.57 Å². The summed E-state index contributed by atoms with van der Waals surface area (Å²) in [6.07, 6.45) is 6.71. The van der Waals surface area contributed by atoms with Gasteiger partial charge in [-0.15, -0.1) is 0 Å². The molecule has 7 heteroatoms. The molecule has 6 nitrogen and oxygen atoms in total. The largest absolute Gasteiger partial charge is 0.496 e. The van der Waals surface area contributed by atoms with Crippen LogP contribution in [0.15, 0.2) is 34.5 Å². The minimum atomic E-state index is -0.329. The standard InChI is InChI=1S/C21H29N3O3S/c1-7-8-9-16-14-24(21(2,3)4)28-20(16)23-19(25)17-12-15(13-22-27-6)10-11-18(17)26-5/h10-14H,7-9H2,1-6H3/b22-13?,23-20-. The first-order chi connectivity index (χ1) is 13.3. The lowest BCUT2D eigenvalue weighted by Crippen LogP contribution is -2.18. The summed E-state index contributed by atoms with van der Waals surface area (Å²) in [5.41, 5.74) is 2.19. The molecule has 1 heterocycles. The number of ether oxygens (including phenoxy) is 1. The van der Waals surface area contributed by atoms with Crippen molar-refractivity contribution in [2.75, 3.05) is 14.2 Å². The van der Waals surface area contributed by atoms with E-state index in [-0.39, 0.29) is 11.4 Å². The van der Waals surface area contributed by atoms with E-state index >= 15 is 0 Å². The van der Waals surface area contributed by atoms with E-state index in [9.17, 15) is 4.79 Å². The molecule has 2 rings (SSSR count). The number of hydrogen-bond acceptors (Lipinski definition) is 5. The zero-order chi connectivity index (χ0) is 20.7. The summed E-state index contributed by atoms with van der Waals surface area (Å²) < 4.78 is 8.27. The molecule has 0 radical (unpaired) electrons. The van der Waals surface area contributed by atoms with Gasteiger partial charge in [0.2, 0.25) is 0 Å². The lowest BCUT2D eigenvalue weighted by molar-refractivity contribution is 0.0996. The summed E-state index contributed by atoms with van der Waals surface area (Å²) in [5.74, 6) is 0.156. The predicted molar refractivity (Wildman–Crippen MR) is 113 cm³/mol. The molecular formula is C21H29N3O3S. The van der Waals surface area contributed by atoms with Gasteiger partial charge in [0.05, 0.1) is 18.9 Å². The van der Waals surface area contributed by atoms with Crippen LogP contribution in [-0.4, -0.2) is 30.3 Å². The van der Waals surface area contributed by atoms with Crippen LogP contribution in [-0.2, 0) is 16.8 Å². The Balaban J connectivity index is 2.50. The van der Waals surface area contributed by atoms with Crippen LogP contribution < -0.4 is 9.41 Å². The fourth-order valence-corrected chi connectivity index (χ4v) is 3.61. The Morgan fingerprint density at radius 1 is 1.29 bits per heavy atom. The van der Waals surface area contributed by atoms with E-state index in [0.29, 0.717) is 11.3 Å². The maximum absolute atomic E-state index is 13.0. The van der Waals surface area contributed by atoms with Crippen molar-refractivity contribution < 1.29 is 14.4 Å². The predicted octanol–water partition coefficient (Wildman–Crippen LogP) is 4.38. The average molecular weight is 404 g/mol. The van der Waals surface area contributed by atoms with Crippen LogP contribution in [0.1, 0.15) is 62.0 Å².